The molecule has 0 saturated heterocycles. The van der Waals surface area contributed by atoms with E-state index in [-0.39, 0.29) is 5.91 Å². The van der Waals surface area contributed by atoms with Gasteiger partial charge in [0.25, 0.3) is 0 Å². The summed E-state index contributed by atoms with van der Waals surface area (Å²) in [5.41, 5.74) is 5.55. The number of amides is 1. The molecule has 0 bridgehead atoms. The second kappa shape index (κ2) is 15.5. The Balaban J connectivity index is 0. The van der Waals surface area contributed by atoms with Crippen LogP contribution in [0.3, 0.4) is 0 Å². The average molecular weight is 278 g/mol. The first-order valence-electron chi connectivity index (χ1n) is 5.57. The molecule has 0 aromatic carbocycles. The van der Waals surface area contributed by atoms with Crippen LogP contribution in [0.2, 0.25) is 0 Å². The molecule has 3 N–H and O–H groups in total. The van der Waals surface area contributed by atoms with Crippen molar-refractivity contribution in [2.75, 3.05) is 25.6 Å². The molecule has 0 saturated carbocycles. The van der Waals surface area contributed by atoms with Crippen molar-refractivity contribution in [2.24, 2.45) is 10.7 Å². The van der Waals surface area contributed by atoms with E-state index in [9.17, 15) is 4.79 Å². The van der Waals surface area contributed by atoms with E-state index in [2.05, 4.69) is 17.2 Å². The van der Waals surface area contributed by atoms with Gasteiger partial charge in [-0.3, -0.25) is 9.79 Å². The lowest BCUT2D eigenvalue weighted by Gasteiger charge is -2.01. The molecule has 0 unspecified atom stereocenters. The van der Waals surface area contributed by atoms with Gasteiger partial charge in [-0.15, -0.1) is 0 Å². The Morgan fingerprint density at radius 2 is 1.88 bits per heavy atom. The minimum atomic E-state index is 0.102. The maximum atomic E-state index is 10.9. The van der Waals surface area contributed by atoms with Crippen molar-refractivity contribution in [3.63, 3.8) is 0 Å². The van der Waals surface area contributed by atoms with Gasteiger partial charge in [0, 0.05) is 38.4 Å². The lowest BCUT2D eigenvalue weighted by atomic mass is 10.3. The number of aliphatic imine (C=N–C) groups is 1. The largest absolute Gasteiger partial charge is 0.387 e. The van der Waals surface area contributed by atoms with E-state index in [1.54, 1.807) is 42.6 Å². The lowest BCUT2D eigenvalue weighted by Crippen LogP contribution is -2.17. The Hall–Kier alpha value is -0.490. The number of amidine groups is 1. The molecule has 0 atom stereocenters. The Bertz CT molecular complexity index is 211. The van der Waals surface area contributed by atoms with Crippen LogP contribution in [0.1, 0.15) is 26.2 Å². The SMILES string of the molecule is CN=C(N)CCCSSCCC(=O)NC.[CH2+]C. The first kappa shape index (κ1) is 18.9. The van der Waals surface area contributed by atoms with Crippen LogP contribution in [0.25, 0.3) is 0 Å². The van der Waals surface area contributed by atoms with Gasteiger partial charge in [0.2, 0.25) is 5.91 Å². The molecule has 1 amide bonds. The highest BCUT2D eigenvalue weighted by molar-refractivity contribution is 8.76. The van der Waals surface area contributed by atoms with E-state index in [4.69, 9.17) is 5.73 Å². The van der Waals surface area contributed by atoms with Gasteiger partial charge in [0.1, 0.15) is 0 Å². The van der Waals surface area contributed by atoms with E-state index >= 15 is 0 Å². The Morgan fingerprint density at radius 3 is 2.41 bits per heavy atom. The van der Waals surface area contributed by atoms with Crippen LogP contribution < -0.4 is 11.1 Å². The monoisotopic (exact) mass is 278 g/mol. The van der Waals surface area contributed by atoms with Crippen molar-refractivity contribution >= 4 is 33.3 Å². The minimum Gasteiger partial charge on any atom is -0.387 e. The molecule has 0 aliphatic carbocycles. The quantitative estimate of drug-likeness (QED) is 0.235. The molecular weight excluding hydrogens is 254 g/mol. The molecule has 6 heteroatoms. The molecule has 0 fully saturated rings. The van der Waals surface area contributed by atoms with Crippen molar-refractivity contribution in [3.8, 4) is 0 Å². The number of rotatable bonds is 8. The number of nitrogens with one attached hydrogen (secondary N) is 1. The summed E-state index contributed by atoms with van der Waals surface area (Å²) >= 11 is 0. The number of hydrogen-bond donors (Lipinski definition) is 2. The Labute approximate surface area is 113 Å². The fraction of sp³-hybridized carbons (Fsp3) is 0.727. The summed E-state index contributed by atoms with van der Waals surface area (Å²) in [7, 11) is 6.88. The van der Waals surface area contributed by atoms with E-state index in [1.165, 1.54) is 0 Å². The van der Waals surface area contributed by atoms with Crippen molar-refractivity contribution in [2.45, 2.75) is 26.2 Å². The summed E-state index contributed by atoms with van der Waals surface area (Å²) in [5, 5.41) is 2.60. The molecule has 0 radical (unpaired) electrons. The summed E-state index contributed by atoms with van der Waals surface area (Å²) in [4.78, 5) is 14.7. The van der Waals surface area contributed by atoms with Gasteiger partial charge in [-0.2, -0.15) is 0 Å². The molecule has 100 valence electrons. The first-order valence-corrected chi connectivity index (χ1v) is 8.06. The molecule has 0 aliphatic heterocycles. The highest BCUT2D eigenvalue weighted by Crippen LogP contribution is 2.22. The summed E-state index contributed by atoms with van der Waals surface area (Å²) in [6.07, 6.45) is 2.49. The van der Waals surface area contributed by atoms with Gasteiger partial charge < -0.3 is 11.1 Å². The number of carbonyl (C=O) groups is 1. The van der Waals surface area contributed by atoms with Gasteiger partial charge in [-0.05, 0) is 6.42 Å². The predicted octanol–water partition coefficient (Wildman–Crippen LogP) is 2.11. The predicted molar refractivity (Wildman–Crippen MR) is 81.4 cm³/mol. The zero-order valence-corrected chi connectivity index (χ0v) is 12.6. The van der Waals surface area contributed by atoms with Gasteiger partial charge >= 0.3 is 0 Å². The third-order valence-corrected chi connectivity index (χ3v) is 4.22. The molecule has 0 heterocycles. The molecule has 0 aromatic rings. The van der Waals surface area contributed by atoms with Crippen LogP contribution in [0, 0.1) is 6.92 Å². The molecular formula is C11H24N3OS2+. The third-order valence-electron chi connectivity index (χ3n) is 1.72. The van der Waals surface area contributed by atoms with Crippen LogP contribution >= 0.6 is 21.6 Å². The molecule has 0 aliphatic rings. The zero-order chi connectivity index (χ0) is 13.5. The molecule has 0 rings (SSSR count). The fourth-order valence-corrected chi connectivity index (χ4v) is 2.88. The first-order chi connectivity index (χ1) is 8.20. The summed E-state index contributed by atoms with van der Waals surface area (Å²) in [6, 6.07) is 0. The van der Waals surface area contributed by atoms with Crippen LogP contribution in [-0.2, 0) is 4.79 Å². The molecule has 4 nitrogen and oxygen atoms in total. The number of nitrogens with two attached hydrogens (primary N) is 1. The fourth-order valence-electron chi connectivity index (χ4n) is 0.801. The topological polar surface area (TPSA) is 67.5 Å². The highest BCUT2D eigenvalue weighted by Gasteiger charge is 1.98. The van der Waals surface area contributed by atoms with Crippen LogP contribution in [-0.4, -0.2) is 37.3 Å². The summed E-state index contributed by atoms with van der Waals surface area (Å²) in [6.45, 7) is 5.00. The Kier molecular flexibility index (Phi) is 17.2. The molecule has 17 heavy (non-hydrogen) atoms. The van der Waals surface area contributed by atoms with Gasteiger partial charge in [-0.25, -0.2) is 0 Å². The van der Waals surface area contributed by atoms with Gasteiger partial charge in [0.05, 0.1) is 19.7 Å². The normalized spacial score (nSPS) is 10.4. The van der Waals surface area contributed by atoms with Crippen LogP contribution in [0.5, 0.6) is 0 Å². The van der Waals surface area contributed by atoms with Crippen molar-refractivity contribution in [3.05, 3.63) is 6.92 Å². The summed E-state index contributed by atoms with van der Waals surface area (Å²) < 4.78 is 0. The van der Waals surface area contributed by atoms with Crippen LogP contribution in [0.15, 0.2) is 4.99 Å². The number of carbonyl (C=O) groups excluding carboxylic acids is 1. The van der Waals surface area contributed by atoms with Crippen molar-refractivity contribution in [1.82, 2.24) is 5.32 Å². The smallest absolute Gasteiger partial charge is 0.220 e. The van der Waals surface area contributed by atoms with E-state index in [0.29, 0.717) is 12.3 Å². The minimum absolute atomic E-state index is 0.102. The Morgan fingerprint density at radius 1 is 1.29 bits per heavy atom. The molecule has 0 aromatic heterocycles. The average Bonchev–Trinajstić information content (AvgIpc) is 2.39. The third kappa shape index (κ3) is 15.5. The second-order valence-electron chi connectivity index (χ2n) is 2.89. The highest BCUT2D eigenvalue weighted by atomic mass is 33.1. The maximum Gasteiger partial charge on any atom is 0.220 e. The standard InChI is InChI=1S/C9H19N3OS2.C2H5/c1-11-8(10)4-3-6-14-15-7-5-9(13)12-2;1-2/h3-7H2,1-2H3,(H2,10,11)(H,12,13);1H2,2H3/q;+1. The number of hydrogen-bond acceptors (Lipinski definition) is 4. The summed E-state index contributed by atoms with van der Waals surface area (Å²) in [5.74, 6) is 2.73. The van der Waals surface area contributed by atoms with Crippen molar-refractivity contribution < 1.29 is 4.79 Å². The second-order valence-corrected chi connectivity index (χ2v) is 5.59. The number of nitrogens with zero attached hydrogens (tertiary/aromatic N) is 1. The van der Waals surface area contributed by atoms with Gasteiger partial charge in [0.15, 0.2) is 0 Å². The zero-order valence-electron chi connectivity index (χ0n) is 11.0. The van der Waals surface area contributed by atoms with E-state index in [0.717, 1.165) is 24.3 Å². The molecule has 0 spiro atoms. The maximum absolute atomic E-state index is 10.9. The lowest BCUT2D eigenvalue weighted by molar-refractivity contribution is -0.120. The van der Waals surface area contributed by atoms with E-state index < -0.39 is 0 Å². The van der Waals surface area contributed by atoms with Gasteiger partial charge in [-0.1, -0.05) is 21.6 Å². The van der Waals surface area contributed by atoms with Crippen LogP contribution in [0.4, 0.5) is 0 Å². The van der Waals surface area contributed by atoms with E-state index in [1.807, 2.05) is 0 Å². The van der Waals surface area contributed by atoms with Crippen molar-refractivity contribution in [1.29, 1.82) is 0 Å².